The Morgan fingerprint density at radius 2 is 1.88 bits per heavy atom. The summed E-state index contributed by atoms with van der Waals surface area (Å²) in [5.41, 5.74) is 7.25. The Morgan fingerprint density at radius 1 is 1.20 bits per heavy atom. The smallest absolute Gasteiger partial charge is 0.255 e. The quantitative estimate of drug-likeness (QED) is 0.653. The maximum absolute atomic E-state index is 10.9. The van der Waals surface area contributed by atoms with Crippen molar-refractivity contribution in [2.75, 3.05) is 20.0 Å². The highest BCUT2D eigenvalue weighted by Crippen LogP contribution is 2.36. The van der Waals surface area contributed by atoms with Gasteiger partial charge in [-0.15, -0.1) is 11.8 Å². The molecule has 3 N–H and O–H groups in total. The van der Waals surface area contributed by atoms with Crippen molar-refractivity contribution < 1.29 is 14.3 Å². The molecule has 0 aliphatic heterocycles. The molecule has 0 unspecified atom stereocenters. The van der Waals surface area contributed by atoms with Crippen LogP contribution in [-0.4, -0.2) is 25.9 Å². The van der Waals surface area contributed by atoms with Crippen molar-refractivity contribution in [3.8, 4) is 11.5 Å². The van der Waals surface area contributed by atoms with Gasteiger partial charge in [0.2, 0.25) is 0 Å². The third kappa shape index (κ3) is 5.85. The molecular formula is C18H21ClN2O3S. The normalized spacial score (nSPS) is 10.5. The zero-order chi connectivity index (χ0) is 18.2. The molecule has 5 nitrogen and oxygen atoms in total. The first-order chi connectivity index (χ1) is 12.0. The lowest BCUT2D eigenvalue weighted by atomic mass is 10.2. The van der Waals surface area contributed by atoms with Crippen LogP contribution < -0.4 is 20.5 Å². The van der Waals surface area contributed by atoms with Gasteiger partial charge in [0.05, 0.1) is 12.1 Å². The second-order valence-corrected chi connectivity index (χ2v) is 6.60. The first kappa shape index (κ1) is 19.4. The highest BCUT2D eigenvalue weighted by atomic mass is 35.5. The van der Waals surface area contributed by atoms with Gasteiger partial charge in [0, 0.05) is 18.0 Å². The number of rotatable bonds is 9. The molecule has 2 aromatic rings. The van der Waals surface area contributed by atoms with Crippen molar-refractivity contribution in [3.63, 3.8) is 0 Å². The molecule has 0 saturated carbocycles. The van der Waals surface area contributed by atoms with Crippen LogP contribution in [0.4, 0.5) is 0 Å². The van der Waals surface area contributed by atoms with Crippen molar-refractivity contribution in [1.82, 2.24) is 5.32 Å². The van der Waals surface area contributed by atoms with Crippen LogP contribution in [0.5, 0.6) is 11.5 Å². The number of nitrogens with two attached hydrogens (primary N) is 1. The topological polar surface area (TPSA) is 73.6 Å². The van der Waals surface area contributed by atoms with E-state index in [0.717, 1.165) is 12.1 Å². The van der Waals surface area contributed by atoms with Crippen molar-refractivity contribution in [3.05, 3.63) is 52.5 Å². The highest BCUT2D eigenvalue weighted by Gasteiger charge is 2.13. The van der Waals surface area contributed by atoms with Crippen LogP contribution in [0, 0.1) is 0 Å². The van der Waals surface area contributed by atoms with Gasteiger partial charge in [0.25, 0.3) is 5.91 Å². The van der Waals surface area contributed by atoms with E-state index < -0.39 is 5.91 Å². The number of primary amides is 1. The van der Waals surface area contributed by atoms with Gasteiger partial charge in [-0.2, -0.15) is 0 Å². The van der Waals surface area contributed by atoms with E-state index in [1.165, 1.54) is 17.6 Å². The largest absolute Gasteiger partial charge is 0.493 e. The first-order valence-electron chi connectivity index (χ1n) is 7.64. The maximum atomic E-state index is 10.9. The number of amides is 1. The predicted octanol–water partition coefficient (Wildman–Crippen LogP) is 3.22. The fourth-order valence-electron chi connectivity index (χ4n) is 2.25. The monoisotopic (exact) mass is 380 g/mol. The summed E-state index contributed by atoms with van der Waals surface area (Å²) in [6, 6.07) is 12.0. The van der Waals surface area contributed by atoms with Crippen LogP contribution in [0.15, 0.2) is 41.3 Å². The number of hydrogen-bond donors (Lipinski definition) is 2. The average molecular weight is 381 g/mol. The summed E-state index contributed by atoms with van der Waals surface area (Å²) in [7, 11) is 1.52. The van der Waals surface area contributed by atoms with Gasteiger partial charge in [-0.3, -0.25) is 4.79 Å². The lowest BCUT2D eigenvalue weighted by Gasteiger charge is -2.14. The molecule has 0 fully saturated rings. The Kier molecular flexibility index (Phi) is 7.43. The number of carbonyl (C=O) groups excluding carboxylic acids is 1. The van der Waals surface area contributed by atoms with E-state index in [0.29, 0.717) is 23.1 Å². The van der Waals surface area contributed by atoms with E-state index in [2.05, 4.69) is 35.8 Å². The molecule has 0 heterocycles. The number of halogens is 1. The predicted molar refractivity (Wildman–Crippen MR) is 101 cm³/mol. The van der Waals surface area contributed by atoms with Gasteiger partial charge in [0.1, 0.15) is 0 Å². The lowest BCUT2D eigenvalue weighted by molar-refractivity contribution is -0.119. The van der Waals surface area contributed by atoms with Gasteiger partial charge in [-0.25, -0.2) is 0 Å². The van der Waals surface area contributed by atoms with Crippen LogP contribution in [0.25, 0.3) is 0 Å². The zero-order valence-electron chi connectivity index (χ0n) is 14.2. The van der Waals surface area contributed by atoms with E-state index in [9.17, 15) is 4.79 Å². The van der Waals surface area contributed by atoms with Crippen molar-refractivity contribution >= 4 is 29.3 Å². The number of hydrogen-bond acceptors (Lipinski definition) is 5. The zero-order valence-corrected chi connectivity index (χ0v) is 15.7. The molecule has 0 spiro atoms. The number of methoxy groups -OCH3 is 1. The summed E-state index contributed by atoms with van der Waals surface area (Å²) in [6.45, 7) is 1.12. The Bertz CT molecular complexity index is 723. The molecule has 0 bridgehead atoms. The van der Waals surface area contributed by atoms with E-state index >= 15 is 0 Å². The molecule has 2 rings (SSSR count). The molecule has 0 atom stereocenters. The molecule has 0 aliphatic rings. The number of thioether (sulfide) groups is 1. The lowest BCUT2D eigenvalue weighted by Crippen LogP contribution is -2.20. The molecular weight excluding hydrogens is 360 g/mol. The Balaban J connectivity index is 1.99. The van der Waals surface area contributed by atoms with E-state index in [4.69, 9.17) is 26.8 Å². The Hall–Kier alpha value is -1.89. The second-order valence-electron chi connectivity index (χ2n) is 5.32. The molecule has 134 valence electrons. The van der Waals surface area contributed by atoms with Crippen LogP contribution in [0.3, 0.4) is 0 Å². The summed E-state index contributed by atoms with van der Waals surface area (Å²) in [4.78, 5) is 12.1. The van der Waals surface area contributed by atoms with Crippen molar-refractivity contribution in [1.29, 1.82) is 0 Å². The highest BCUT2D eigenvalue weighted by molar-refractivity contribution is 7.98. The maximum Gasteiger partial charge on any atom is 0.255 e. The molecule has 1 amide bonds. The summed E-state index contributed by atoms with van der Waals surface area (Å²) >= 11 is 7.96. The van der Waals surface area contributed by atoms with Gasteiger partial charge >= 0.3 is 0 Å². The van der Waals surface area contributed by atoms with Crippen LogP contribution >= 0.6 is 23.4 Å². The van der Waals surface area contributed by atoms with E-state index in [1.54, 1.807) is 17.8 Å². The molecule has 0 aromatic heterocycles. The average Bonchev–Trinajstić information content (AvgIpc) is 2.60. The Morgan fingerprint density at radius 3 is 2.48 bits per heavy atom. The van der Waals surface area contributed by atoms with Gasteiger partial charge < -0.3 is 20.5 Å². The number of ether oxygens (including phenoxy) is 2. The number of benzene rings is 2. The third-order valence-electron chi connectivity index (χ3n) is 3.47. The molecule has 0 aliphatic carbocycles. The molecule has 0 radical (unpaired) electrons. The molecule has 2 aromatic carbocycles. The van der Waals surface area contributed by atoms with Crippen molar-refractivity contribution in [2.45, 2.75) is 18.0 Å². The minimum Gasteiger partial charge on any atom is -0.493 e. The summed E-state index contributed by atoms with van der Waals surface area (Å²) in [5, 5.41) is 3.74. The van der Waals surface area contributed by atoms with Gasteiger partial charge in [-0.1, -0.05) is 23.7 Å². The fraction of sp³-hybridized carbons (Fsp3) is 0.278. The standard InChI is InChI=1S/C18H21ClN2O3S/c1-23-16-8-13(7-15(19)18(16)24-11-17(20)22)10-21-9-12-3-5-14(25-2)6-4-12/h3-8,21H,9-11H2,1-2H3,(H2,20,22). The Labute approximate surface area is 156 Å². The number of nitrogens with one attached hydrogen (secondary N) is 1. The minimum absolute atomic E-state index is 0.250. The molecule has 25 heavy (non-hydrogen) atoms. The third-order valence-corrected chi connectivity index (χ3v) is 4.49. The molecule has 0 saturated heterocycles. The van der Waals surface area contributed by atoms with E-state index in [-0.39, 0.29) is 6.61 Å². The van der Waals surface area contributed by atoms with Crippen LogP contribution in [0.1, 0.15) is 11.1 Å². The summed E-state index contributed by atoms with van der Waals surface area (Å²) in [6.07, 6.45) is 2.06. The first-order valence-corrected chi connectivity index (χ1v) is 9.25. The van der Waals surface area contributed by atoms with Crippen LogP contribution in [0.2, 0.25) is 5.02 Å². The SMILES string of the molecule is COc1cc(CNCc2ccc(SC)cc2)cc(Cl)c1OCC(N)=O. The van der Waals surface area contributed by atoms with Crippen molar-refractivity contribution in [2.24, 2.45) is 5.73 Å². The van der Waals surface area contributed by atoms with E-state index in [1.807, 2.05) is 6.07 Å². The fourth-order valence-corrected chi connectivity index (χ4v) is 2.95. The second kappa shape index (κ2) is 9.56. The van der Waals surface area contributed by atoms with Crippen LogP contribution in [-0.2, 0) is 17.9 Å². The molecule has 7 heteroatoms. The summed E-state index contributed by atoms with van der Waals surface area (Å²) in [5.74, 6) is 0.214. The summed E-state index contributed by atoms with van der Waals surface area (Å²) < 4.78 is 10.6. The van der Waals surface area contributed by atoms with Gasteiger partial charge in [0.15, 0.2) is 18.1 Å². The minimum atomic E-state index is -0.573. The van der Waals surface area contributed by atoms with Gasteiger partial charge in [-0.05, 0) is 41.6 Å². The number of carbonyl (C=O) groups is 1.